The standard InChI is InChI=1S/C25H23N3O3S/c1-14-12-20(16(3)32-14)22-13-21(23-15(2)27-31-24(23)26-22)25(30)28-10-8-18(9-11-28)17-4-6-19(29)7-5-17/h4-8,12-13,29H,9-11H2,1-3H3. The predicted molar refractivity (Wildman–Crippen MR) is 126 cm³/mol. The summed E-state index contributed by atoms with van der Waals surface area (Å²) in [6.07, 6.45) is 2.84. The highest BCUT2D eigenvalue weighted by molar-refractivity contribution is 7.12. The van der Waals surface area contributed by atoms with Gasteiger partial charge in [0.2, 0.25) is 0 Å². The molecule has 4 heterocycles. The fourth-order valence-corrected chi connectivity index (χ4v) is 5.18. The molecule has 1 aliphatic rings. The quantitative estimate of drug-likeness (QED) is 0.450. The number of aromatic nitrogens is 2. The second-order valence-corrected chi connectivity index (χ2v) is 9.57. The number of rotatable bonds is 3. The van der Waals surface area contributed by atoms with Crippen LogP contribution >= 0.6 is 11.3 Å². The average molecular weight is 446 g/mol. The fraction of sp³-hybridized carbons (Fsp3) is 0.240. The summed E-state index contributed by atoms with van der Waals surface area (Å²) in [5, 5.41) is 14.3. The minimum atomic E-state index is -0.0458. The van der Waals surface area contributed by atoms with Crippen LogP contribution in [0.5, 0.6) is 5.75 Å². The summed E-state index contributed by atoms with van der Waals surface area (Å²) in [4.78, 5) is 22.5. The Kier molecular flexibility index (Phi) is 5.06. The number of aryl methyl sites for hydroxylation is 3. The number of carbonyl (C=O) groups excluding carboxylic acids is 1. The van der Waals surface area contributed by atoms with Crippen LogP contribution in [0.15, 0.2) is 47.0 Å². The Balaban J connectivity index is 1.50. The molecule has 4 aromatic rings. The molecule has 1 aromatic carbocycles. The van der Waals surface area contributed by atoms with Crippen molar-refractivity contribution in [1.82, 2.24) is 15.0 Å². The van der Waals surface area contributed by atoms with Crippen molar-refractivity contribution in [2.75, 3.05) is 13.1 Å². The molecule has 1 aliphatic heterocycles. The Bertz CT molecular complexity index is 1370. The van der Waals surface area contributed by atoms with Crippen LogP contribution in [0, 0.1) is 20.8 Å². The molecule has 3 aromatic heterocycles. The second kappa shape index (κ2) is 7.91. The molecule has 7 heteroatoms. The van der Waals surface area contributed by atoms with E-state index in [1.54, 1.807) is 23.5 Å². The first-order chi connectivity index (χ1) is 15.4. The first-order valence-corrected chi connectivity index (χ1v) is 11.3. The van der Waals surface area contributed by atoms with Crippen LogP contribution in [0.25, 0.3) is 27.9 Å². The lowest BCUT2D eigenvalue weighted by Crippen LogP contribution is -2.34. The molecule has 1 N–H and O–H groups in total. The highest BCUT2D eigenvalue weighted by Crippen LogP contribution is 2.34. The summed E-state index contributed by atoms with van der Waals surface area (Å²) >= 11 is 1.71. The SMILES string of the molecule is Cc1cc(-c2cc(C(=O)N3CC=C(c4ccc(O)cc4)CC3)c3c(C)noc3n2)c(C)s1. The van der Waals surface area contributed by atoms with Crippen molar-refractivity contribution in [1.29, 1.82) is 0 Å². The van der Waals surface area contributed by atoms with Crippen LogP contribution in [-0.2, 0) is 0 Å². The lowest BCUT2D eigenvalue weighted by molar-refractivity contribution is 0.0774. The summed E-state index contributed by atoms with van der Waals surface area (Å²) in [6, 6.07) is 11.2. The Morgan fingerprint density at radius 2 is 1.94 bits per heavy atom. The van der Waals surface area contributed by atoms with Crippen LogP contribution in [-0.4, -0.2) is 39.1 Å². The number of aromatic hydroxyl groups is 1. The van der Waals surface area contributed by atoms with Crippen molar-refractivity contribution < 1.29 is 14.4 Å². The maximum Gasteiger partial charge on any atom is 0.259 e. The van der Waals surface area contributed by atoms with E-state index < -0.39 is 0 Å². The van der Waals surface area contributed by atoms with E-state index in [9.17, 15) is 9.90 Å². The molecule has 0 atom stereocenters. The van der Waals surface area contributed by atoms with Gasteiger partial charge in [-0.2, -0.15) is 0 Å². The van der Waals surface area contributed by atoms with Crippen LogP contribution in [0.4, 0.5) is 0 Å². The third kappa shape index (κ3) is 3.58. The van der Waals surface area contributed by atoms with Gasteiger partial charge in [-0.3, -0.25) is 4.79 Å². The number of thiophene rings is 1. The van der Waals surface area contributed by atoms with Crippen molar-refractivity contribution in [2.24, 2.45) is 0 Å². The fourth-order valence-electron chi connectivity index (χ4n) is 4.25. The van der Waals surface area contributed by atoms with E-state index in [0.29, 0.717) is 35.4 Å². The summed E-state index contributed by atoms with van der Waals surface area (Å²) in [5.74, 6) is 0.204. The molecular formula is C25H23N3O3S. The number of carbonyl (C=O) groups is 1. The zero-order valence-electron chi connectivity index (χ0n) is 18.2. The Morgan fingerprint density at radius 3 is 2.59 bits per heavy atom. The maximum absolute atomic E-state index is 13.6. The van der Waals surface area contributed by atoms with Crippen LogP contribution < -0.4 is 0 Å². The molecule has 0 aliphatic carbocycles. The van der Waals surface area contributed by atoms with Crippen molar-refractivity contribution in [3.05, 3.63) is 69.0 Å². The number of pyridine rings is 1. The number of hydrogen-bond donors (Lipinski definition) is 1. The highest BCUT2D eigenvalue weighted by Gasteiger charge is 2.25. The molecule has 0 radical (unpaired) electrons. The molecule has 5 rings (SSSR count). The normalized spacial score (nSPS) is 14.1. The van der Waals surface area contributed by atoms with Gasteiger partial charge in [-0.15, -0.1) is 11.3 Å². The summed E-state index contributed by atoms with van der Waals surface area (Å²) in [7, 11) is 0. The summed E-state index contributed by atoms with van der Waals surface area (Å²) in [6.45, 7) is 7.10. The van der Waals surface area contributed by atoms with E-state index in [2.05, 4.69) is 36.1 Å². The monoisotopic (exact) mass is 445 g/mol. The minimum absolute atomic E-state index is 0.0458. The Morgan fingerprint density at radius 1 is 1.16 bits per heavy atom. The third-order valence-electron chi connectivity index (χ3n) is 5.90. The summed E-state index contributed by atoms with van der Waals surface area (Å²) < 4.78 is 5.46. The van der Waals surface area contributed by atoms with Crippen LogP contribution in [0.3, 0.4) is 0 Å². The first-order valence-electron chi connectivity index (χ1n) is 10.5. The van der Waals surface area contributed by atoms with Gasteiger partial charge in [-0.25, -0.2) is 4.98 Å². The van der Waals surface area contributed by atoms with Gasteiger partial charge in [-0.05, 0) is 62.6 Å². The van der Waals surface area contributed by atoms with Gasteiger partial charge in [0, 0.05) is 28.4 Å². The number of fused-ring (bicyclic) bond motifs is 1. The minimum Gasteiger partial charge on any atom is -0.508 e. The van der Waals surface area contributed by atoms with Crippen molar-refractivity contribution in [3.63, 3.8) is 0 Å². The lowest BCUT2D eigenvalue weighted by Gasteiger charge is -2.27. The van der Waals surface area contributed by atoms with Gasteiger partial charge >= 0.3 is 0 Å². The smallest absolute Gasteiger partial charge is 0.259 e. The molecule has 32 heavy (non-hydrogen) atoms. The Labute approximate surface area is 189 Å². The van der Waals surface area contributed by atoms with Gasteiger partial charge in [-0.1, -0.05) is 23.4 Å². The zero-order chi connectivity index (χ0) is 22.4. The zero-order valence-corrected chi connectivity index (χ0v) is 19.0. The van der Waals surface area contributed by atoms with Crippen LogP contribution in [0.1, 0.15) is 37.8 Å². The molecule has 0 unspecified atom stereocenters. The molecule has 0 bridgehead atoms. The molecule has 0 fully saturated rings. The van der Waals surface area contributed by atoms with E-state index in [-0.39, 0.29) is 11.7 Å². The number of phenolic OH excluding ortho intramolecular Hbond substituents is 1. The number of hydrogen-bond acceptors (Lipinski definition) is 6. The molecule has 6 nitrogen and oxygen atoms in total. The largest absolute Gasteiger partial charge is 0.508 e. The van der Waals surface area contributed by atoms with Crippen LogP contribution in [0.2, 0.25) is 0 Å². The van der Waals surface area contributed by atoms with Crippen molar-refractivity contribution >= 4 is 33.9 Å². The van der Waals surface area contributed by atoms with E-state index >= 15 is 0 Å². The maximum atomic E-state index is 13.6. The van der Waals surface area contributed by atoms with E-state index in [1.165, 1.54) is 10.5 Å². The van der Waals surface area contributed by atoms with Gasteiger partial charge in [0.15, 0.2) is 0 Å². The predicted octanol–water partition coefficient (Wildman–Crippen LogP) is 5.51. The summed E-state index contributed by atoms with van der Waals surface area (Å²) in [5.41, 5.74) is 5.64. The number of benzene rings is 1. The molecule has 0 saturated heterocycles. The number of nitrogens with zero attached hydrogens (tertiary/aromatic N) is 3. The van der Waals surface area contributed by atoms with Crippen molar-refractivity contribution in [2.45, 2.75) is 27.2 Å². The molecule has 162 valence electrons. The number of amides is 1. The topological polar surface area (TPSA) is 79.5 Å². The molecule has 1 amide bonds. The average Bonchev–Trinajstić information content (AvgIpc) is 3.34. The van der Waals surface area contributed by atoms with E-state index in [4.69, 9.17) is 4.52 Å². The Hall–Kier alpha value is -3.45. The van der Waals surface area contributed by atoms with Gasteiger partial charge < -0.3 is 14.5 Å². The first kappa shape index (κ1) is 20.5. The van der Waals surface area contributed by atoms with Gasteiger partial charge in [0.1, 0.15) is 5.75 Å². The van der Waals surface area contributed by atoms with Gasteiger partial charge in [0.25, 0.3) is 11.6 Å². The number of phenols is 1. The molecular weight excluding hydrogens is 422 g/mol. The lowest BCUT2D eigenvalue weighted by atomic mass is 9.98. The molecule has 0 spiro atoms. The van der Waals surface area contributed by atoms with E-state index in [1.807, 2.05) is 30.0 Å². The third-order valence-corrected chi connectivity index (χ3v) is 6.86. The second-order valence-electron chi connectivity index (χ2n) is 8.11. The van der Waals surface area contributed by atoms with Crippen molar-refractivity contribution in [3.8, 4) is 17.0 Å². The molecule has 0 saturated carbocycles. The van der Waals surface area contributed by atoms with Gasteiger partial charge in [0.05, 0.1) is 22.3 Å². The van der Waals surface area contributed by atoms with E-state index in [0.717, 1.165) is 28.1 Å². The highest BCUT2D eigenvalue weighted by atomic mass is 32.1.